The van der Waals surface area contributed by atoms with E-state index in [1.165, 1.54) is 0 Å². The summed E-state index contributed by atoms with van der Waals surface area (Å²) >= 11 is 5.69. The third-order valence-electron chi connectivity index (χ3n) is 1.59. The Morgan fingerprint density at radius 3 is 2.57 bits per heavy atom. The Balaban J connectivity index is 2.75. The molecule has 0 aliphatic heterocycles. The van der Waals surface area contributed by atoms with E-state index in [4.69, 9.17) is 16.8 Å². The highest BCUT2D eigenvalue weighted by atomic mass is 35.5. The molecule has 0 heterocycles. The van der Waals surface area contributed by atoms with Gasteiger partial charge in [-0.05, 0) is 31.2 Å². The van der Waals surface area contributed by atoms with Crippen molar-refractivity contribution in [1.29, 1.82) is 0 Å². The summed E-state index contributed by atoms with van der Waals surface area (Å²) in [5.74, 6) is 0.234. The molecule has 0 amide bonds. The highest BCUT2D eigenvalue weighted by Gasteiger charge is 2.05. The molecular weight excluding hydrogens is 222 g/mol. The van der Waals surface area contributed by atoms with Gasteiger partial charge in [-0.3, -0.25) is 4.21 Å². The van der Waals surface area contributed by atoms with E-state index < -0.39 is 10.8 Å². The molecular formula is C9H10ClNO2S. The SMILES string of the molecule is C/C(CS(=O)c1ccc(Cl)cc1)=N\O. The van der Waals surface area contributed by atoms with E-state index in [2.05, 4.69) is 5.16 Å². The molecule has 1 unspecified atom stereocenters. The third kappa shape index (κ3) is 3.12. The standard InChI is InChI=1S/C9H10ClNO2S/c1-7(11-12)6-14(13)9-4-2-8(10)3-5-9/h2-5,12H,6H2,1H3/b11-7+. The van der Waals surface area contributed by atoms with Crippen LogP contribution in [0.3, 0.4) is 0 Å². The molecule has 1 rings (SSSR count). The molecule has 5 heteroatoms. The molecule has 3 nitrogen and oxygen atoms in total. The van der Waals surface area contributed by atoms with Crippen molar-refractivity contribution in [1.82, 2.24) is 0 Å². The molecule has 1 aromatic carbocycles. The Bertz CT molecular complexity index is 362. The Hall–Kier alpha value is -0.870. The van der Waals surface area contributed by atoms with Crippen molar-refractivity contribution >= 4 is 28.1 Å². The van der Waals surface area contributed by atoms with Gasteiger partial charge in [-0.15, -0.1) is 0 Å². The van der Waals surface area contributed by atoms with Gasteiger partial charge in [0.2, 0.25) is 0 Å². The van der Waals surface area contributed by atoms with Crippen LogP contribution in [0.15, 0.2) is 34.3 Å². The second kappa shape index (κ2) is 5.12. The predicted octanol–water partition coefficient (Wildman–Crippen LogP) is 2.30. The van der Waals surface area contributed by atoms with Crippen LogP contribution in [-0.4, -0.2) is 20.9 Å². The second-order valence-corrected chi connectivity index (χ2v) is 4.67. The quantitative estimate of drug-likeness (QED) is 0.493. The van der Waals surface area contributed by atoms with Crippen LogP contribution < -0.4 is 0 Å². The van der Waals surface area contributed by atoms with Gasteiger partial charge in [0, 0.05) is 9.92 Å². The van der Waals surface area contributed by atoms with E-state index in [-0.39, 0.29) is 5.75 Å². The smallest absolute Gasteiger partial charge is 0.0696 e. The van der Waals surface area contributed by atoms with Crippen LogP contribution in [0.5, 0.6) is 0 Å². The van der Waals surface area contributed by atoms with Crippen LogP contribution >= 0.6 is 11.6 Å². The van der Waals surface area contributed by atoms with E-state index in [1.807, 2.05) is 0 Å². The van der Waals surface area contributed by atoms with Crippen molar-refractivity contribution in [2.45, 2.75) is 11.8 Å². The van der Waals surface area contributed by atoms with Gasteiger partial charge in [-0.1, -0.05) is 16.8 Å². The van der Waals surface area contributed by atoms with Crippen molar-refractivity contribution in [3.05, 3.63) is 29.3 Å². The van der Waals surface area contributed by atoms with Gasteiger partial charge < -0.3 is 5.21 Å². The minimum atomic E-state index is -1.17. The van der Waals surface area contributed by atoms with Gasteiger partial charge in [0.15, 0.2) is 0 Å². The minimum Gasteiger partial charge on any atom is -0.411 e. The molecule has 0 spiro atoms. The lowest BCUT2D eigenvalue weighted by molar-refractivity contribution is 0.318. The molecule has 1 aromatic rings. The summed E-state index contributed by atoms with van der Waals surface area (Å²) < 4.78 is 11.6. The van der Waals surface area contributed by atoms with Gasteiger partial charge in [-0.2, -0.15) is 0 Å². The summed E-state index contributed by atoms with van der Waals surface area (Å²) in [4.78, 5) is 0.678. The molecule has 0 bridgehead atoms. The van der Waals surface area contributed by atoms with E-state index in [9.17, 15) is 4.21 Å². The average molecular weight is 232 g/mol. The first-order chi connectivity index (χ1) is 6.63. The molecule has 1 N–H and O–H groups in total. The number of hydrogen-bond acceptors (Lipinski definition) is 3. The summed E-state index contributed by atoms with van der Waals surface area (Å²) in [5.41, 5.74) is 0.443. The number of nitrogens with zero attached hydrogens (tertiary/aromatic N) is 1. The molecule has 0 fully saturated rings. The third-order valence-corrected chi connectivity index (χ3v) is 3.32. The van der Waals surface area contributed by atoms with Crippen molar-refractivity contribution in [2.24, 2.45) is 5.16 Å². The fraction of sp³-hybridized carbons (Fsp3) is 0.222. The predicted molar refractivity (Wildman–Crippen MR) is 57.6 cm³/mol. The van der Waals surface area contributed by atoms with Gasteiger partial charge in [-0.25, -0.2) is 0 Å². The van der Waals surface area contributed by atoms with Crippen LogP contribution in [0.4, 0.5) is 0 Å². The summed E-state index contributed by atoms with van der Waals surface area (Å²) in [6.07, 6.45) is 0. The fourth-order valence-corrected chi connectivity index (χ4v) is 2.06. The zero-order valence-corrected chi connectivity index (χ0v) is 9.18. The maximum atomic E-state index is 11.6. The number of rotatable bonds is 3. The number of benzene rings is 1. The van der Waals surface area contributed by atoms with Crippen molar-refractivity contribution < 1.29 is 9.42 Å². The maximum Gasteiger partial charge on any atom is 0.0696 e. The topological polar surface area (TPSA) is 49.7 Å². The monoisotopic (exact) mass is 231 g/mol. The molecule has 0 saturated heterocycles. The first kappa shape index (κ1) is 11.2. The van der Waals surface area contributed by atoms with Crippen molar-refractivity contribution in [3.8, 4) is 0 Å². The van der Waals surface area contributed by atoms with E-state index in [0.29, 0.717) is 15.6 Å². The molecule has 0 aliphatic carbocycles. The van der Waals surface area contributed by atoms with Gasteiger partial charge in [0.25, 0.3) is 0 Å². The minimum absolute atomic E-state index is 0.234. The highest BCUT2D eigenvalue weighted by Crippen LogP contribution is 2.12. The molecule has 0 saturated carbocycles. The van der Waals surface area contributed by atoms with Crippen LogP contribution in [0.2, 0.25) is 5.02 Å². The summed E-state index contributed by atoms with van der Waals surface area (Å²) in [5, 5.41) is 12.0. The van der Waals surface area contributed by atoms with E-state index in [1.54, 1.807) is 31.2 Å². The molecule has 0 radical (unpaired) electrons. The zero-order valence-electron chi connectivity index (χ0n) is 7.61. The van der Waals surface area contributed by atoms with Gasteiger partial charge in [0.05, 0.1) is 22.3 Å². The number of hydrogen-bond donors (Lipinski definition) is 1. The Morgan fingerprint density at radius 1 is 1.50 bits per heavy atom. The summed E-state index contributed by atoms with van der Waals surface area (Å²) in [7, 11) is -1.17. The largest absolute Gasteiger partial charge is 0.411 e. The number of oxime groups is 1. The highest BCUT2D eigenvalue weighted by molar-refractivity contribution is 7.85. The number of halogens is 1. The lowest BCUT2D eigenvalue weighted by Crippen LogP contribution is -2.06. The van der Waals surface area contributed by atoms with E-state index >= 15 is 0 Å². The van der Waals surface area contributed by atoms with E-state index in [0.717, 1.165) is 0 Å². The molecule has 0 aromatic heterocycles. The Labute approximate surface area is 89.8 Å². The van der Waals surface area contributed by atoms with Crippen LogP contribution in [-0.2, 0) is 10.8 Å². The molecule has 1 atom stereocenters. The van der Waals surface area contributed by atoms with Gasteiger partial charge in [0.1, 0.15) is 0 Å². The van der Waals surface area contributed by atoms with Crippen LogP contribution in [0.25, 0.3) is 0 Å². The van der Waals surface area contributed by atoms with Crippen molar-refractivity contribution in [2.75, 3.05) is 5.75 Å². The Morgan fingerprint density at radius 2 is 2.07 bits per heavy atom. The fourth-order valence-electron chi connectivity index (χ4n) is 0.888. The van der Waals surface area contributed by atoms with Crippen LogP contribution in [0.1, 0.15) is 6.92 Å². The Kier molecular flexibility index (Phi) is 4.10. The maximum absolute atomic E-state index is 11.6. The molecule has 14 heavy (non-hydrogen) atoms. The lowest BCUT2D eigenvalue weighted by atomic mass is 10.4. The summed E-state index contributed by atoms with van der Waals surface area (Å²) in [6.45, 7) is 1.62. The normalized spacial score (nSPS) is 14.0. The summed E-state index contributed by atoms with van der Waals surface area (Å²) in [6, 6.07) is 6.76. The second-order valence-electron chi connectivity index (χ2n) is 2.78. The first-order valence-electron chi connectivity index (χ1n) is 3.95. The van der Waals surface area contributed by atoms with Crippen LogP contribution in [0, 0.1) is 0 Å². The van der Waals surface area contributed by atoms with Crippen molar-refractivity contribution in [3.63, 3.8) is 0 Å². The lowest BCUT2D eigenvalue weighted by Gasteiger charge is -2.00. The molecule has 0 aliphatic rings. The van der Waals surface area contributed by atoms with Gasteiger partial charge >= 0.3 is 0 Å². The average Bonchev–Trinajstić information content (AvgIpc) is 2.18. The zero-order chi connectivity index (χ0) is 10.6. The first-order valence-corrected chi connectivity index (χ1v) is 5.64. The molecule has 76 valence electrons.